The largest absolute Gasteiger partial charge is 0.395 e. The van der Waals surface area contributed by atoms with Crippen molar-refractivity contribution < 1.29 is 5.11 Å². The fourth-order valence-corrected chi connectivity index (χ4v) is 8.46. The van der Waals surface area contributed by atoms with E-state index in [1.165, 1.54) is 43.3 Å². The first-order chi connectivity index (χ1) is 27.0. The van der Waals surface area contributed by atoms with E-state index >= 15 is 0 Å². The number of rotatable bonds is 12. The molecule has 2 heterocycles. The fraction of sp³-hybridized carbons (Fsp3) is 0.200. The second-order valence-electron chi connectivity index (χ2n) is 13.6. The summed E-state index contributed by atoms with van der Waals surface area (Å²) in [5, 5.41) is 9.31. The van der Waals surface area contributed by atoms with Crippen LogP contribution in [0.2, 0.25) is 0 Å². The van der Waals surface area contributed by atoms with Crippen LogP contribution < -0.4 is 9.80 Å². The second kappa shape index (κ2) is 18.2. The molecule has 0 unspecified atom stereocenters. The molecule has 1 N–H and O–H groups in total. The maximum absolute atomic E-state index is 9.31. The summed E-state index contributed by atoms with van der Waals surface area (Å²) in [6.07, 6.45) is 10.7. The Labute approximate surface area is 334 Å². The van der Waals surface area contributed by atoms with Gasteiger partial charge in [0.05, 0.1) is 16.4 Å². The molecule has 0 amide bonds. The van der Waals surface area contributed by atoms with Crippen molar-refractivity contribution in [3.05, 3.63) is 162 Å². The van der Waals surface area contributed by atoms with Gasteiger partial charge in [-0.3, -0.25) is 0 Å². The Balaban J connectivity index is 0.949. The van der Waals surface area contributed by atoms with Gasteiger partial charge in [-0.25, -0.2) is 0 Å². The Kier molecular flexibility index (Phi) is 12.5. The summed E-state index contributed by atoms with van der Waals surface area (Å²) in [4.78, 5) is 9.07. The molecular weight excluding hydrogens is 709 g/mol. The van der Waals surface area contributed by atoms with Crippen LogP contribution in [0.3, 0.4) is 0 Å². The van der Waals surface area contributed by atoms with E-state index in [1.807, 2.05) is 0 Å². The van der Waals surface area contributed by atoms with E-state index in [-0.39, 0.29) is 6.61 Å². The molecule has 0 saturated carbocycles. The van der Waals surface area contributed by atoms with E-state index in [9.17, 15) is 5.11 Å². The summed E-state index contributed by atoms with van der Waals surface area (Å²) in [6.45, 7) is 10.3. The van der Waals surface area contributed by atoms with Crippen molar-refractivity contribution in [2.24, 2.45) is 0 Å². The quantitative estimate of drug-likeness (QED) is 0.126. The van der Waals surface area contributed by atoms with Crippen LogP contribution >= 0.6 is 22.7 Å². The van der Waals surface area contributed by atoms with Gasteiger partial charge < -0.3 is 14.9 Å². The van der Waals surface area contributed by atoms with Gasteiger partial charge in [0.1, 0.15) is 0 Å². The average molecular weight is 755 g/mol. The van der Waals surface area contributed by atoms with Crippen LogP contribution in [0.25, 0.3) is 35.4 Å². The summed E-state index contributed by atoms with van der Waals surface area (Å²) in [5.41, 5.74) is 12.1. The van der Waals surface area contributed by atoms with E-state index in [1.54, 1.807) is 22.7 Å². The van der Waals surface area contributed by atoms with E-state index in [0.717, 1.165) is 64.6 Å². The molecule has 0 aliphatic heterocycles. The minimum atomic E-state index is 0.156. The number of thiophene rings is 2. The fourth-order valence-electron chi connectivity index (χ4n) is 6.93. The van der Waals surface area contributed by atoms with Crippen LogP contribution in [0.15, 0.2) is 109 Å². The van der Waals surface area contributed by atoms with E-state index in [4.69, 9.17) is 0 Å². The zero-order valence-electron chi connectivity index (χ0n) is 31.8. The first-order valence-electron chi connectivity index (χ1n) is 19.2. The molecule has 1 aliphatic carbocycles. The highest BCUT2D eigenvalue weighted by molar-refractivity contribution is 7.13. The molecule has 7 rings (SSSR count). The molecule has 55 heavy (non-hydrogen) atoms. The predicted molar refractivity (Wildman–Crippen MR) is 239 cm³/mol. The lowest BCUT2D eigenvalue weighted by molar-refractivity contribution is 0.302. The summed E-state index contributed by atoms with van der Waals surface area (Å²) in [5.74, 6) is 13.6. The molecule has 4 aromatic carbocycles. The highest BCUT2D eigenvalue weighted by atomic mass is 32.1. The van der Waals surface area contributed by atoms with E-state index in [0.29, 0.717) is 6.54 Å². The molecular formula is C50H46N2OS2. The Hall–Kier alpha value is -5.56. The summed E-state index contributed by atoms with van der Waals surface area (Å²) in [7, 11) is 0. The van der Waals surface area contributed by atoms with Gasteiger partial charge in [0.2, 0.25) is 0 Å². The zero-order valence-corrected chi connectivity index (χ0v) is 33.4. The second-order valence-corrected chi connectivity index (χ2v) is 15.8. The Morgan fingerprint density at radius 1 is 0.545 bits per heavy atom. The molecule has 6 aromatic rings. The normalized spacial score (nSPS) is 11.6. The molecule has 0 saturated heterocycles. The first kappa shape index (κ1) is 37.7. The minimum Gasteiger partial charge on any atom is -0.395 e. The number of anilines is 2. The average Bonchev–Trinajstić information content (AvgIpc) is 3.97. The van der Waals surface area contributed by atoms with Gasteiger partial charge in [-0.15, -0.1) is 22.7 Å². The van der Waals surface area contributed by atoms with Crippen molar-refractivity contribution in [2.75, 3.05) is 42.6 Å². The van der Waals surface area contributed by atoms with Crippen LogP contribution in [0.1, 0.15) is 80.1 Å². The Morgan fingerprint density at radius 2 is 1.02 bits per heavy atom. The molecule has 274 valence electrons. The number of likely N-dealkylation sites (N-methyl/N-ethyl adjacent to an activating group) is 1. The monoisotopic (exact) mass is 754 g/mol. The van der Waals surface area contributed by atoms with Crippen LogP contribution in [0.4, 0.5) is 11.4 Å². The van der Waals surface area contributed by atoms with Crippen molar-refractivity contribution in [2.45, 2.75) is 33.6 Å². The maximum atomic E-state index is 9.31. The first-order valence-corrected chi connectivity index (χ1v) is 20.8. The number of nitrogens with zero attached hydrogens (tertiary/aromatic N) is 2. The number of hydrogen-bond acceptors (Lipinski definition) is 5. The van der Waals surface area contributed by atoms with E-state index < -0.39 is 0 Å². The summed E-state index contributed by atoms with van der Waals surface area (Å²) >= 11 is 3.43. The third-order valence-corrected chi connectivity index (χ3v) is 11.8. The molecule has 0 atom stereocenters. The van der Waals surface area contributed by atoms with Crippen molar-refractivity contribution in [1.82, 2.24) is 0 Å². The van der Waals surface area contributed by atoms with Gasteiger partial charge in [0, 0.05) is 58.4 Å². The standard InChI is InChI=1S/C50H46N2OS2/c1-4-31-51(5-2)43-17-7-37(8-18-43)11-21-45-25-27-47(54-45)23-13-39-15-29-49-41(34-39)36-42-35-40(16-30-50(42)49)14-24-48-28-26-46(55-48)22-12-38-9-19-44(20-10-38)52(6-3)32-33-53/h7-12,15-22,25-30,34-35,53H,4-6,31-33,36H2,1-3H3/b21-11+,22-12+. The van der Waals surface area contributed by atoms with Crippen molar-refractivity contribution >= 4 is 58.4 Å². The van der Waals surface area contributed by atoms with Crippen LogP contribution in [-0.4, -0.2) is 37.9 Å². The SMILES string of the molecule is CCCN(CC)c1ccc(/C=C/c2ccc(C#Cc3ccc4c(c3)Cc3cc(C#Cc5ccc(/C=C/c6ccc(N(CC)CCO)cc6)s5)ccc3-4)s2)cc1. The van der Waals surface area contributed by atoms with Crippen molar-refractivity contribution in [3.8, 4) is 34.8 Å². The predicted octanol–water partition coefficient (Wildman–Crippen LogP) is 11.6. The highest BCUT2D eigenvalue weighted by Crippen LogP contribution is 2.37. The molecule has 0 bridgehead atoms. The third-order valence-electron chi connectivity index (χ3n) is 9.82. The number of benzene rings is 4. The highest BCUT2D eigenvalue weighted by Gasteiger charge is 2.18. The molecule has 1 aliphatic rings. The molecule has 0 spiro atoms. The molecule has 5 heteroatoms. The molecule has 2 aromatic heterocycles. The van der Waals surface area contributed by atoms with Crippen LogP contribution in [0, 0.1) is 23.7 Å². The van der Waals surface area contributed by atoms with Crippen molar-refractivity contribution in [1.29, 1.82) is 0 Å². The lowest BCUT2D eigenvalue weighted by atomic mass is 10.0. The number of aliphatic hydroxyl groups is 1. The number of fused-ring (bicyclic) bond motifs is 3. The van der Waals surface area contributed by atoms with Gasteiger partial charge >= 0.3 is 0 Å². The summed E-state index contributed by atoms with van der Waals surface area (Å²) < 4.78 is 0. The molecule has 3 nitrogen and oxygen atoms in total. The van der Waals surface area contributed by atoms with Gasteiger partial charge in [0.15, 0.2) is 0 Å². The lowest BCUT2D eigenvalue weighted by Gasteiger charge is -2.22. The Morgan fingerprint density at radius 3 is 1.45 bits per heavy atom. The smallest absolute Gasteiger partial charge is 0.0778 e. The van der Waals surface area contributed by atoms with Gasteiger partial charge in [0.25, 0.3) is 0 Å². The van der Waals surface area contributed by atoms with Crippen LogP contribution in [-0.2, 0) is 6.42 Å². The number of hydrogen-bond donors (Lipinski definition) is 1. The van der Waals surface area contributed by atoms with Crippen molar-refractivity contribution in [3.63, 3.8) is 0 Å². The Bertz CT molecular complexity index is 2250. The topological polar surface area (TPSA) is 26.7 Å². The van der Waals surface area contributed by atoms with Gasteiger partial charge in [-0.2, -0.15) is 0 Å². The maximum Gasteiger partial charge on any atom is 0.0778 e. The van der Waals surface area contributed by atoms with E-state index in [2.05, 4.69) is 188 Å². The van der Waals surface area contributed by atoms with Gasteiger partial charge in [-0.05, 0) is 145 Å². The number of aliphatic hydroxyl groups excluding tert-OH is 1. The van der Waals surface area contributed by atoms with Crippen LogP contribution in [0.5, 0.6) is 0 Å². The third kappa shape index (κ3) is 9.58. The summed E-state index contributed by atoms with van der Waals surface area (Å²) in [6, 6.07) is 39.0. The van der Waals surface area contributed by atoms with Gasteiger partial charge in [-0.1, -0.05) is 79.2 Å². The molecule has 0 radical (unpaired) electrons. The minimum absolute atomic E-state index is 0.156. The lowest BCUT2D eigenvalue weighted by Crippen LogP contribution is -2.25. The molecule has 0 fully saturated rings. The zero-order chi connectivity index (χ0) is 38.0.